The molecule has 0 spiro atoms. The fraction of sp³-hybridized carbons (Fsp3) is 0.469. The normalized spacial score (nSPS) is 25.3. The Kier molecular flexibility index (Phi) is 7.70. The SMILES string of the molecule is N#Cc1c(N)sc2c(F)ccc(-c3c(Cl)c4c5c(nc(OC[C@@]67CCCN6C[C@H](F)C7)nc5c3F)N3CC(OC(F)F)CCC3CO4)c12. The minimum Gasteiger partial charge on any atom is -0.489 e. The molecule has 2 unspecified atom stereocenters. The van der Waals surface area contributed by atoms with Crippen LogP contribution in [0.5, 0.6) is 11.8 Å². The monoisotopic (exact) mass is 706 g/mol. The van der Waals surface area contributed by atoms with Crippen molar-refractivity contribution in [2.75, 3.05) is 43.5 Å². The van der Waals surface area contributed by atoms with Crippen molar-refractivity contribution < 1.29 is 36.2 Å². The summed E-state index contributed by atoms with van der Waals surface area (Å²) in [4.78, 5) is 13.0. The van der Waals surface area contributed by atoms with Crippen molar-refractivity contribution in [1.29, 1.82) is 5.26 Å². The lowest BCUT2D eigenvalue weighted by Gasteiger charge is -2.39. The van der Waals surface area contributed by atoms with E-state index in [0.717, 1.165) is 30.4 Å². The first-order chi connectivity index (χ1) is 23.1. The molecule has 4 aliphatic heterocycles. The number of nitrogens with zero attached hydrogens (tertiary/aromatic N) is 5. The molecule has 2 N–H and O–H groups in total. The summed E-state index contributed by atoms with van der Waals surface area (Å²) in [5.74, 6) is -1.35. The Morgan fingerprint density at radius 1 is 1.21 bits per heavy atom. The second kappa shape index (κ2) is 11.7. The molecule has 2 aromatic heterocycles. The number of halogens is 6. The number of rotatable bonds is 6. The smallest absolute Gasteiger partial charge is 0.345 e. The number of nitrogens with two attached hydrogens (primary N) is 1. The van der Waals surface area contributed by atoms with Crippen molar-refractivity contribution in [2.45, 2.75) is 62.6 Å². The molecule has 8 rings (SSSR count). The molecule has 252 valence electrons. The second-order valence-corrected chi connectivity index (χ2v) is 14.1. The molecule has 0 amide bonds. The largest absolute Gasteiger partial charge is 0.489 e. The Hall–Kier alpha value is -3.71. The number of piperidine rings is 1. The fourth-order valence-electron chi connectivity index (χ4n) is 7.90. The second-order valence-electron chi connectivity index (χ2n) is 12.7. The zero-order valence-corrected chi connectivity index (χ0v) is 26.8. The van der Waals surface area contributed by atoms with E-state index in [9.17, 15) is 22.8 Å². The maximum atomic E-state index is 17.1. The fourth-order valence-corrected chi connectivity index (χ4v) is 9.18. The van der Waals surface area contributed by atoms with Crippen LogP contribution in [-0.2, 0) is 4.74 Å². The zero-order chi connectivity index (χ0) is 33.5. The third-order valence-electron chi connectivity index (χ3n) is 10.0. The third-order valence-corrected chi connectivity index (χ3v) is 11.4. The molecule has 2 aromatic carbocycles. The van der Waals surface area contributed by atoms with Crippen LogP contribution in [0, 0.1) is 23.0 Å². The number of anilines is 2. The van der Waals surface area contributed by atoms with E-state index in [1.807, 2.05) is 6.07 Å². The molecule has 4 atom stereocenters. The highest BCUT2D eigenvalue weighted by atomic mass is 35.5. The standard InChI is InChI=1S/C32H28ClF5N6O3S/c33-23-21(17-4-5-19(35)27-20(17)18(9-39)28(40)48-27)24(36)25-22-26(23)45-12-15-2-3-16(47-30(37)38)11-44(15)29(22)42-31(41-25)46-13-32-6-1-7-43(32)10-14(34)8-32/h4-5,14-16,30H,1-3,6-8,10-13,40H2/t14-,15?,16?,32+/m1/s1. The Balaban J connectivity index is 1.33. The quantitative estimate of drug-likeness (QED) is 0.216. The van der Waals surface area contributed by atoms with Gasteiger partial charge in [-0.25, -0.2) is 13.2 Å². The van der Waals surface area contributed by atoms with Gasteiger partial charge in [-0.15, -0.1) is 11.3 Å². The number of aromatic nitrogens is 2. The Morgan fingerprint density at radius 3 is 2.83 bits per heavy atom. The van der Waals surface area contributed by atoms with Gasteiger partial charge in [0.1, 0.15) is 47.6 Å². The summed E-state index contributed by atoms with van der Waals surface area (Å²) in [7, 11) is 0. The molecule has 0 saturated carbocycles. The van der Waals surface area contributed by atoms with Crippen LogP contribution in [0.2, 0.25) is 5.02 Å². The van der Waals surface area contributed by atoms with Gasteiger partial charge in [-0.2, -0.15) is 24.0 Å². The van der Waals surface area contributed by atoms with Crippen LogP contribution in [-0.4, -0.2) is 78.2 Å². The van der Waals surface area contributed by atoms with Gasteiger partial charge in [0.05, 0.1) is 38.4 Å². The van der Waals surface area contributed by atoms with E-state index in [1.165, 1.54) is 6.07 Å². The molecule has 6 heterocycles. The van der Waals surface area contributed by atoms with Gasteiger partial charge < -0.3 is 24.8 Å². The molecule has 0 radical (unpaired) electrons. The Bertz CT molecular complexity index is 2010. The number of ether oxygens (including phenoxy) is 3. The summed E-state index contributed by atoms with van der Waals surface area (Å²) in [6.07, 6.45) is 0.747. The molecule has 0 bridgehead atoms. The van der Waals surface area contributed by atoms with Gasteiger partial charge in [-0.1, -0.05) is 17.7 Å². The van der Waals surface area contributed by atoms with E-state index in [4.69, 9.17) is 31.5 Å². The van der Waals surface area contributed by atoms with Gasteiger partial charge in [0.25, 0.3) is 0 Å². The number of nitriles is 1. The number of benzene rings is 2. The first-order valence-electron chi connectivity index (χ1n) is 15.6. The van der Waals surface area contributed by atoms with Gasteiger partial charge in [-0.05, 0) is 43.9 Å². The average molecular weight is 707 g/mol. The highest BCUT2D eigenvalue weighted by Gasteiger charge is 2.49. The lowest BCUT2D eigenvalue weighted by Crippen LogP contribution is -2.49. The van der Waals surface area contributed by atoms with Crippen molar-refractivity contribution >= 4 is 54.7 Å². The van der Waals surface area contributed by atoms with Crippen LogP contribution in [0.25, 0.3) is 32.1 Å². The molecule has 4 aliphatic rings. The molecule has 48 heavy (non-hydrogen) atoms. The summed E-state index contributed by atoms with van der Waals surface area (Å²) in [5, 5.41) is 9.99. The zero-order valence-electron chi connectivity index (χ0n) is 25.2. The van der Waals surface area contributed by atoms with Crippen molar-refractivity contribution in [3.63, 3.8) is 0 Å². The highest BCUT2D eigenvalue weighted by molar-refractivity contribution is 7.23. The van der Waals surface area contributed by atoms with Gasteiger partial charge in [0.15, 0.2) is 11.6 Å². The minimum atomic E-state index is -2.99. The number of fused-ring (bicyclic) bond motifs is 4. The predicted molar refractivity (Wildman–Crippen MR) is 170 cm³/mol. The molecule has 3 saturated heterocycles. The van der Waals surface area contributed by atoms with Crippen molar-refractivity contribution in [2.24, 2.45) is 0 Å². The molecular formula is C32H28ClF5N6O3S. The van der Waals surface area contributed by atoms with Gasteiger partial charge >= 0.3 is 12.6 Å². The highest BCUT2D eigenvalue weighted by Crippen LogP contribution is 2.51. The lowest BCUT2D eigenvalue weighted by atomic mass is 9.95. The van der Waals surface area contributed by atoms with Crippen LogP contribution >= 0.6 is 22.9 Å². The van der Waals surface area contributed by atoms with Gasteiger partial charge in [0, 0.05) is 30.5 Å². The summed E-state index contributed by atoms with van der Waals surface area (Å²) in [6, 6.07) is 3.89. The van der Waals surface area contributed by atoms with Crippen molar-refractivity contribution in [3.8, 4) is 29.0 Å². The minimum absolute atomic E-state index is 0.00386. The van der Waals surface area contributed by atoms with Crippen LogP contribution in [0.1, 0.15) is 37.7 Å². The Labute approximate surface area is 279 Å². The topological polar surface area (TPSA) is 110 Å². The molecule has 3 fully saturated rings. The van der Waals surface area contributed by atoms with Gasteiger partial charge in [0.2, 0.25) is 0 Å². The molecule has 4 aromatic rings. The van der Waals surface area contributed by atoms with Crippen LogP contribution in [0.15, 0.2) is 12.1 Å². The first-order valence-corrected chi connectivity index (χ1v) is 16.8. The van der Waals surface area contributed by atoms with E-state index in [-0.39, 0.29) is 97.5 Å². The molecule has 0 aliphatic carbocycles. The maximum Gasteiger partial charge on any atom is 0.345 e. The van der Waals surface area contributed by atoms with E-state index >= 15 is 4.39 Å². The van der Waals surface area contributed by atoms with Crippen LogP contribution in [0.4, 0.5) is 32.8 Å². The van der Waals surface area contributed by atoms with Crippen molar-refractivity contribution in [1.82, 2.24) is 14.9 Å². The Morgan fingerprint density at radius 2 is 2.04 bits per heavy atom. The molecule has 16 heteroatoms. The van der Waals surface area contributed by atoms with E-state index in [2.05, 4.69) is 14.9 Å². The van der Waals surface area contributed by atoms with E-state index < -0.39 is 36.1 Å². The van der Waals surface area contributed by atoms with Crippen LogP contribution < -0.4 is 20.1 Å². The third kappa shape index (κ3) is 4.90. The summed E-state index contributed by atoms with van der Waals surface area (Å²) >= 11 is 7.83. The van der Waals surface area contributed by atoms with Gasteiger partial charge in [-0.3, -0.25) is 4.90 Å². The first kappa shape index (κ1) is 31.6. The molecule has 9 nitrogen and oxygen atoms in total. The van der Waals surface area contributed by atoms with E-state index in [1.54, 1.807) is 4.90 Å². The van der Waals surface area contributed by atoms with E-state index in [0.29, 0.717) is 25.8 Å². The lowest BCUT2D eigenvalue weighted by molar-refractivity contribution is -0.165. The van der Waals surface area contributed by atoms with Crippen molar-refractivity contribution in [3.05, 3.63) is 34.4 Å². The predicted octanol–water partition coefficient (Wildman–Crippen LogP) is 6.82. The number of thiophene rings is 1. The van der Waals surface area contributed by atoms with Crippen LogP contribution in [0.3, 0.4) is 0 Å². The molecular weight excluding hydrogens is 679 g/mol. The maximum absolute atomic E-state index is 17.1. The number of alkyl halides is 3. The summed E-state index contributed by atoms with van der Waals surface area (Å²) in [5.41, 5.74) is 5.16. The average Bonchev–Trinajstić information content (AvgIpc) is 3.66. The number of hydrogen-bond acceptors (Lipinski definition) is 10. The summed E-state index contributed by atoms with van der Waals surface area (Å²) in [6.45, 7) is -1.84. The summed E-state index contributed by atoms with van der Waals surface area (Å²) < 4.78 is 90.5. The number of nitrogen functional groups attached to an aromatic ring is 1. The number of hydrogen-bond donors (Lipinski definition) is 1.